The van der Waals surface area contributed by atoms with Crippen LogP contribution in [-0.4, -0.2) is 42.1 Å². The monoisotopic (exact) mass is 289 g/mol. The van der Waals surface area contributed by atoms with Gasteiger partial charge in [-0.05, 0) is 31.6 Å². The fraction of sp³-hybridized carbons (Fsp3) is 0.923. The molecular weight excluding hydrogens is 266 g/mol. The van der Waals surface area contributed by atoms with E-state index in [2.05, 4.69) is 0 Å². The molecule has 1 saturated heterocycles. The lowest BCUT2D eigenvalue weighted by molar-refractivity contribution is -0.137. The maximum Gasteiger partial charge on any atom is 0.303 e. The van der Waals surface area contributed by atoms with E-state index >= 15 is 0 Å². The van der Waals surface area contributed by atoms with Gasteiger partial charge in [0.1, 0.15) is 0 Å². The van der Waals surface area contributed by atoms with Crippen LogP contribution in [0.5, 0.6) is 0 Å². The quantitative estimate of drug-likeness (QED) is 0.838. The maximum atomic E-state index is 12.5. The van der Waals surface area contributed by atoms with Crippen molar-refractivity contribution in [2.24, 2.45) is 5.92 Å². The molecule has 2 fully saturated rings. The Morgan fingerprint density at radius 3 is 2.47 bits per heavy atom. The van der Waals surface area contributed by atoms with Gasteiger partial charge in [0.05, 0.1) is 5.25 Å². The zero-order valence-corrected chi connectivity index (χ0v) is 12.1. The Morgan fingerprint density at radius 1 is 1.16 bits per heavy atom. The first-order valence-electron chi connectivity index (χ1n) is 7.21. The van der Waals surface area contributed by atoms with Gasteiger partial charge in [0, 0.05) is 19.5 Å². The third kappa shape index (κ3) is 3.69. The van der Waals surface area contributed by atoms with Gasteiger partial charge < -0.3 is 5.11 Å². The lowest BCUT2D eigenvalue weighted by atomic mass is 10.0. The van der Waals surface area contributed by atoms with Crippen molar-refractivity contribution >= 4 is 16.0 Å². The van der Waals surface area contributed by atoms with Gasteiger partial charge in [0.25, 0.3) is 0 Å². The zero-order chi connectivity index (χ0) is 13.9. The third-order valence-corrected chi connectivity index (χ3v) is 6.71. The van der Waals surface area contributed by atoms with E-state index in [1.807, 2.05) is 0 Å². The molecule has 0 radical (unpaired) electrons. The van der Waals surface area contributed by atoms with Gasteiger partial charge in [-0.25, -0.2) is 12.7 Å². The first-order chi connectivity index (χ1) is 9.00. The minimum atomic E-state index is -3.15. The fourth-order valence-corrected chi connectivity index (χ4v) is 5.29. The molecule has 1 aliphatic heterocycles. The van der Waals surface area contributed by atoms with Crippen LogP contribution >= 0.6 is 0 Å². The van der Waals surface area contributed by atoms with E-state index in [4.69, 9.17) is 5.11 Å². The van der Waals surface area contributed by atoms with Crippen LogP contribution in [0.2, 0.25) is 0 Å². The standard InChI is InChI=1S/C13H23NO4S/c15-13(16)7-6-11-8-9-14(10-11)19(17,18)12-4-2-1-3-5-12/h11-12H,1-10H2,(H,15,16). The van der Waals surface area contributed by atoms with Crippen molar-refractivity contribution < 1.29 is 18.3 Å². The Hall–Kier alpha value is -0.620. The lowest BCUT2D eigenvalue weighted by Crippen LogP contribution is -2.38. The highest BCUT2D eigenvalue weighted by Crippen LogP contribution is 2.30. The summed E-state index contributed by atoms with van der Waals surface area (Å²) in [6.07, 6.45) is 6.29. The van der Waals surface area contributed by atoms with Crippen molar-refractivity contribution in [3.8, 4) is 0 Å². The predicted octanol–water partition coefficient (Wildman–Crippen LogP) is 1.84. The molecule has 0 spiro atoms. The summed E-state index contributed by atoms with van der Waals surface area (Å²) < 4.78 is 26.6. The molecule has 2 aliphatic rings. The molecule has 1 N–H and O–H groups in total. The second-order valence-electron chi connectivity index (χ2n) is 5.75. The van der Waals surface area contributed by atoms with Gasteiger partial charge in [-0.2, -0.15) is 0 Å². The van der Waals surface area contributed by atoms with Crippen molar-refractivity contribution in [3.05, 3.63) is 0 Å². The average molecular weight is 289 g/mol. The van der Waals surface area contributed by atoms with Crippen LogP contribution in [0.3, 0.4) is 0 Å². The normalized spacial score (nSPS) is 26.6. The van der Waals surface area contributed by atoms with E-state index in [9.17, 15) is 13.2 Å². The van der Waals surface area contributed by atoms with Crippen molar-refractivity contribution in [2.45, 2.75) is 56.6 Å². The summed E-state index contributed by atoms with van der Waals surface area (Å²) in [5, 5.41) is 8.48. The summed E-state index contributed by atoms with van der Waals surface area (Å²) in [7, 11) is -3.15. The van der Waals surface area contributed by atoms with Gasteiger partial charge in [0.15, 0.2) is 0 Å². The van der Waals surface area contributed by atoms with Gasteiger partial charge in [-0.3, -0.25) is 4.79 Å². The third-order valence-electron chi connectivity index (χ3n) is 4.35. The average Bonchev–Trinajstić information content (AvgIpc) is 2.87. The van der Waals surface area contributed by atoms with Gasteiger partial charge in [-0.15, -0.1) is 0 Å². The molecule has 0 aromatic rings. The minimum absolute atomic E-state index is 0.141. The van der Waals surface area contributed by atoms with Crippen molar-refractivity contribution in [1.29, 1.82) is 0 Å². The van der Waals surface area contributed by atoms with Gasteiger partial charge in [0.2, 0.25) is 10.0 Å². The molecule has 0 aromatic carbocycles. The topological polar surface area (TPSA) is 74.7 Å². The molecule has 1 saturated carbocycles. The second-order valence-corrected chi connectivity index (χ2v) is 7.96. The largest absolute Gasteiger partial charge is 0.481 e. The van der Waals surface area contributed by atoms with Crippen LogP contribution in [-0.2, 0) is 14.8 Å². The van der Waals surface area contributed by atoms with Crippen LogP contribution in [0, 0.1) is 5.92 Å². The van der Waals surface area contributed by atoms with Gasteiger partial charge in [-0.1, -0.05) is 19.3 Å². The van der Waals surface area contributed by atoms with Crippen molar-refractivity contribution in [2.75, 3.05) is 13.1 Å². The summed E-state index contributed by atoms with van der Waals surface area (Å²) in [6.45, 7) is 1.09. The molecule has 0 aromatic heterocycles. The number of carboxylic acids is 1. The first-order valence-corrected chi connectivity index (χ1v) is 8.71. The number of rotatable bonds is 5. The molecular formula is C13H23NO4S. The van der Waals surface area contributed by atoms with Gasteiger partial charge >= 0.3 is 5.97 Å². The Morgan fingerprint density at radius 2 is 1.84 bits per heavy atom. The van der Waals surface area contributed by atoms with Crippen LogP contribution in [0.15, 0.2) is 0 Å². The number of nitrogens with zero attached hydrogens (tertiary/aromatic N) is 1. The highest BCUT2D eigenvalue weighted by atomic mass is 32.2. The fourth-order valence-electron chi connectivity index (χ4n) is 3.17. The van der Waals surface area contributed by atoms with E-state index < -0.39 is 16.0 Å². The van der Waals surface area contributed by atoms with E-state index in [1.54, 1.807) is 4.31 Å². The second kappa shape index (κ2) is 6.22. The number of carboxylic acid groups (broad SMARTS) is 1. The Labute approximate surface area is 115 Å². The number of carbonyl (C=O) groups is 1. The molecule has 1 unspecified atom stereocenters. The predicted molar refractivity (Wildman–Crippen MR) is 72.3 cm³/mol. The lowest BCUT2D eigenvalue weighted by Gasteiger charge is -2.27. The summed E-state index contributed by atoms with van der Waals surface area (Å²) in [4.78, 5) is 10.5. The summed E-state index contributed by atoms with van der Waals surface area (Å²) in [5.74, 6) is -0.581. The van der Waals surface area contributed by atoms with Crippen LogP contribution < -0.4 is 0 Å². The minimum Gasteiger partial charge on any atom is -0.481 e. The highest BCUT2D eigenvalue weighted by Gasteiger charge is 2.37. The number of sulfonamides is 1. The summed E-state index contributed by atoms with van der Waals surface area (Å²) in [5.41, 5.74) is 0. The van der Waals surface area contributed by atoms with E-state index in [1.165, 1.54) is 0 Å². The molecule has 19 heavy (non-hydrogen) atoms. The Bertz CT molecular complexity index is 414. The molecule has 5 nitrogen and oxygen atoms in total. The number of hydrogen-bond donors (Lipinski definition) is 1. The zero-order valence-electron chi connectivity index (χ0n) is 11.3. The molecule has 1 atom stereocenters. The molecule has 0 amide bonds. The Kier molecular flexibility index (Phi) is 4.84. The number of aliphatic carboxylic acids is 1. The molecule has 110 valence electrons. The number of hydrogen-bond acceptors (Lipinski definition) is 3. The van der Waals surface area contributed by atoms with Crippen LogP contribution in [0.25, 0.3) is 0 Å². The molecule has 1 heterocycles. The SMILES string of the molecule is O=C(O)CCC1CCN(S(=O)(=O)C2CCCCC2)C1. The smallest absolute Gasteiger partial charge is 0.303 e. The molecule has 1 aliphatic carbocycles. The Balaban J connectivity index is 1.89. The summed E-state index contributed by atoms with van der Waals surface area (Å²) in [6, 6.07) is 0. The highest BCUT2D eigenvalue weighted by molar-refractivity contribution is 7.89. The molecule has 0 bridgehead atoms. The van der Waals surface area contributed by atoms with E-state index in [0.29, 0.717) is 19.5 Å². The molecule has 6 heteroatoms. The van der Waals surface area contributed by atoms with Crippen LogP contribution in [0.1, 0.15) is 51.4 Å². The van der Waals surface area contributed by atoms with E-state index in [0.717, 1.165) is 38.5 Å². The van der Waals surface area contributed by atoms with E-state index in [-0.39, 0.29) is 17.6 Å². The molecule has 2 rings (SSSR count). The van der Waals surface area contributed by atoms with Crippen LogP contribution in [0.4, 0.5) is 0 Å². The van der Waals surface area contributed by atoms with Crippen molar-refractivity contribution in [1.82, 2.24) is 4.31 Å². The maximum absolute atomic E-state index is 12.5. The summed E-state index contributed by atoms with van der Waals surface area (Å²) >= 11 is 0. The first kappa shape index (κ1) is 14.8. The van der Waals surface area contributed by atoms with Crippen molar-refractivity contribution in [3.63, 3.8) is 0 Å².